The van der Waals surface area contributed by atoms with Crippen molar-refractivity contribution in [2.75, 3.05) is 7.05 Å². The zero-order valence-electron chi connectivity index (χ0n) is 14.0. The van der Waals surface area contributed by atoms with Crippen LogP contribution >= 0.6 is 0 Å². The quantitative estimate of drug-likeness (QED) is 0.496. The summed E-state index contributed by atoms with van der Waals surface area (Å²) in [7, 11) is 1.73. The van der Waals surface area contributed by atoms with Crippen molar-refractivity contribution in [3.8, 4) is 0 Å². The molecule has 3 nitrogen and oxygen atoms in total. The maximum atomic E-state index is 11.5. The van der Waals surface area contributed by atoms with Crippen LogP contribution in [0.5, 0.6) is 0 Å². The lowest BCUT2D eigenvalue weighted by Gasteiger charge is -2.24. The Kier molecular flexibility index (Phi) is 9.35. The zero-order chi connectivity index (χ0) is 16.4. The first-order chi connectivity index (χ1) is 9.87. The van der Waals surface area contributed by atoms with Gasteiger partial charge in [-0.1, -0.05) is 49.3 Å². The summed E-state index contributed by atoms with van der Waals surface area (Å²) in [5, 5.41) is 9.49. The van der Waals surface area contributed by atoms with E-state index in [0.29, 0.717) is 6.42 Å². The van der Waals surface area contributed by atoms with E-state index in [0.717, 1.165) is 29.7 Å². The predicted octanol–water partition coefficient (Wildman–Crippen LogP) is 4.66. The molecule has 21 heavy (non-hydrogen) atoms. The lowest BCUT2D eigenvalue weighted by atomic mass is 9.81. The first-order valence-corrected chi connectivity index (χ1v) is 7.49. The van der Waals surface area contributed by atoms with Crippen molar-refractivity contribution in [2.24, 2.45) is 16.8 Å². The molecule has 0 saturated heterocycles. The molecule has 0 bridgehead atoms. The fourth-order valence-corrected chi connectivity index (χ4v) is 2.31. The van der Waals surface area contributed by atoms with Gasteiger partial charge in [0.25, 0.3) is 0 Å². The summed E-state index contributed by atoms with van der Waals surface area (Å²) < 4.78 is 0. The van der Waals surface area contributed by atoms with Gasteiger partial charge < -0.3 is 5.11 Å². The molecular weight excluding hydrogens is 262 g/mol. The number of nitrogens with zero attached hydrogens (tertiary/aromatic N) is 1. The SMILES string of the molecule is C=C/C(C)=C\C=C(/C)C[C@H](C(C)=NC)[C@H](CCC)C(=O)O. The second-order valence-corrected chi connectivity index (χ2v) is 5.54. The van der Waals surface area contributed by atoms with E-state index in [4.69, 9.17) is 0 Å². The lowest BCUT2D eigenvalue weighted by Crippen LogP contribution is -2.29. The van der Waals surface area contributed by atoms with Gasteiger partial charge in [-0.25, -0.2) is 0 Å². The van der Waals surface area contributed by atoms with Gasteiger partial charge in [-0.05, 0) is 33.6 Å². The molecule has 0 amide bonds. The highest BCUT2D eigenvalue weighted by molar-refractivity contribution is 5.88. The highest BCUT2D eigenvalue weighted by Gasteiger charge is 2.29. The molecule has 118 valence electrons. The molecule has 0 aromatic rings. The van der Waals surface area contributed by atoms with Gasteiger partial charge in [-0.2, -0.15) is 0 Å². The largest absolute Gasteiger partial charge is 0.481 e. The third-order valence-electron chi connectivity index (χ3n) is 3.79. The molecule has 0 aliphatic rings. The van der Waals surface area contributed by atoms with Crippen LogP contribution < -0.4 is 0 Å². The fraction of sp³-hybridized carbons (Fsp3) is 0.556. The number of rotatable bonds is 9. The van der Waals surface area contributed by atoms with E-state index in [1.807, 2.05) is 39.8 Å². The molecule has 1 N–H and O–H groups in total. The molecule has 0 aromatic carbocycles. The van der Waals surface area contributed by atoms with E-state index in [1.54, 1.807) is 13.1 Å². The molecule has 0 aliphatic carbocycles. The predicted molar refractivity (Wildman–Crippen MR) is 90.9 cm³/mol. The van der Waals surface area contributed by atoms with Crippen LogP contribution in [0.4, 0.5) is 0 Å². The van der Waals surface area contributed by atoms with Gasteiger partial charge in [-0.3, -0.25) is 9.79 Å². The molecule has 0 saturated carbocycles. The number of carboxylic acids is 1. The third kappa shape index (κ3) is 7.07. The van der Waals surface area contributed by atoms with Crippen LogP contribution in [0.2, 0.25) is 0 Å². The van der Waals surface area contributed by atoms with Gasteiger partial charge in [0.1, 0.15) is 0 Å². The number of allylic oxidation sites excluding steroid dienone is 5. The van der Waals surface area contributed by atoms with Crippen LogP contribution in [-0.2, 0) is 4.79 Å². The molecule has 0 fully saturated rings. The van der Waals surface area contributed by atoms with E-state index in [-0.39, 0.29) is 11.8 Å². The van der Waals surface area contributed by atoms with Crippen LogP contribution in [0.15, 0.2) is 40.9 Å². The van der Waals surface area contributed by atoms with Crippen LogP contribution in [0, 0.1) is 11.8 Å². The van der Waals surface area contributed by atoms with Crippen LogP contribution in [0.1, 0.15) is 47.0 Å². The molecule has 2 atom stereocenters. The van der Waals surface area contributed by atoms with Crippen LogP contribution in [0.25, 0.3) is 0 Å². The number of hydrogen-bond donors (Lipinski definition) is 1. The van der Waals surface area contributed by atoms with Gasteiger partial charge in [0, 0.05) is 18.7 Å². The van der Waals surface area contributed by atoms with Gasteiger partial charge >= 0.3 is 5.97 Å². The second-order valence-electron chi connectivity index (χ2n) is 5.54. The molecule has 0 aromatic heterocycles. The fourth-order valence-electron chi connectivity index (χ4n) is 2.31. The average molecular weight is 291 g/mol. The van der Waals surface area contributed by atoms with Crippen molar-refractivity contribution < 1.29 is 9.90 Å². The van der Waals surface area contributed by atoms with Gasteiger partial charge in [0.2, 0.25) is 0 Å². The summed E-state index contributed by atoms with van der Waals surface area (Å²) in [6, 6.07) is 0. The smallest absolute Gasteiger partial charge is 0.307 e. The summed E-state index contributed by atoms with van der Waals surface area (Å²) in [5.74, 6) is -1.14. The zero-order valence-corrected chi connectivity index (χ0v) is 14.0. The Bertz CT molecular complexity index is 444. The Morgan fingerprint density at radius 2 is 1.86 bits per heavy atom. The molecule has 3 heteroatoms. The van der Waals surface area contributed by atoms with E-state index in [9.17, 15) is 9.90 Å². The molecule has 0 unspecified atom stereocenters. The van der Waals surface area contributed by atoms with Gasteiger partial charge in [0.05, 0.1) is 5.92 Å². The minimum absolute atomic E-state index is 0.0406. The average Bonchev–Trinajstić information content (AvgIpc) is 2.46. The maximum absolute atomic E-state index is 11.5. The van der Waals surface area contributed by atoms with Crippen LogP contribution in [0.3, 0.4) is 0 Å². The minimum atomic E-state index is -0.726. The summed E-state index contributed by atoms with van der Waals surface area (Å²) >= 11 is 0. The van der Waals surface area contributed by atoms with E-state index < -0.39 is 5.97 Å². The molecule has 0 aliphatic heterocycles. The highest BCUT2D eigenvalue weighted by Crippen LogP contribution is 2.26. The van der Waals surface area contributed by atoms with Crippen molar-refractivity contribution in [2.45, 2.75) is 47.0 Å². The topological polar surface area (TPSA) is 49.7 Å². The number of hydrogen-bond acceptors (Lipinski definition) is 2. The van der Waals surface area contributed by atoms with Crippen LogP contribution in [-0.4, -0.2) is 23.8 Å². The van der Waals surface area contributed by atoms with E-state index in [2.05, 4.69) is 11.6 Å². The lowest BCUT2D eigenvalue weighted by molar-refractivity contribution is -0.143. The van der Waals surface area contributed by atoms with Crippen molar-refractivity contribution in [3.63, 3.8) is 0 Å². The Morgan fingerprint density at radius 3 is 2.29 bits per heavy atom. The standard InChI is InChI=1S/C18H29NO2/c1-7-9-16(18(20)21)17(15(5)19-6)12-14(4)11-10-13(3)8-2/h8,10-11,16-17H,2,7,9,12H2,1,3-6H3,(H,20,21)/b13-10-,14-11+,19-15?/t16-,17+/m0/s1. The van der Waals surface area contributed by atoms with E-state index >= 15 is 0 Å². The summed E-state index contributed by atoms with van der Waals surface area (Å²) in [5.41, 5.74) is 3.16. The first kappa shape index (κ1) is 19.4. The summed E-state index contributed by atoms with van der Waals surface area (Å²) in [4.78, 5) is 15.8. The maximum Gasteiger partial charge on any atom is 0.307 e. The highest BCUT2D eigenvalue weighted by atomic mass is 16.4. The van der Waals surface area contributed by atoms with Crippen molar-refractivity contribution in [1.82, 2.24) is 0 Å². The second kappa shape index (κ2) is 10.1. The molecular formula is C18H29NO2. The van der Waals surface area contributed by atoms with Crippen molar-refractivity contribution in [1.29, 1.82) is 0 Å². The molecule has 0 heterocycles. The summed E-state index contributed by atoms with van der Waals surface area (Å²) in [6.45, 7) is 11.7. The number of carbonyl (C=O) groups is 1. The third-order valence-corrected chi connectivity index (χ3v) is 3.79. The van der Waals surface area contributed by atoms with Gasteiger partial charge in [0.15, 0.2) is 0 Å². The Labute approximate surface area is 129 Å². The molecule has 0 rings (SSSR count). The Balaban J connectivity index is 5.26. The Hall–Kier alpha value is -1.64. The summed E-state index contributed by atoms with van der Waals surface area (Å²) in [6.07, 6.45) is 8.12. The number of aliphatic imine (C=N–C) groups is 1. The number of carboxylic acid groups (broad SMARTS) is 1. The number of aliphatic carboxylic acids is 1. The van der Waals surface area contributed by atoms with Gasteiger partial charge in [-0.15, -0.1) is 0 Å². The Morgan fingerprint density at radius 1 is 1.24 bits per heavy atom. The normalized spacial score (nSPS) is 16.5. The molecule has 0 spiro atoms. The first-order valence-electron chi connectivity index (χ1n) is 7.49. The minimum Gasteiger partial charge on any atom is -0.481 e. The monoisotopic (exact) mass is 291 g/mol. The molecule has 0 radical (unpaired) electrons. The van der Waals surface area contributed by atoms with Crippen molar-refractivity contribution in [3.05, 3.63) is 36.0 Å². The van der Waals surface area contributed by atoms with E-state index in [1.165, 1.54) is 0 Å². The van der Waals surface area contributed by atoms with Crippen molar-refractivity contribution >= 4 is 11.7 Å².